The van der Waals surface area contributed by atoms with Gasteiger partial charge in [0.2, 0.25) is 0 Å². The summed E-state index contributed by atoms with van der Waals surface area (Å²) in [7, 11) is 1.87. The highest BCUT2D eigenvalue weighted by molar-refractivity contribution is 6.05. The minimum Gasteiger partial charge on any atom is -0.371 e. The van der Waals surface area contributed by atoms with Crippen LogP contribution in [0.2, 0.25) is 0 Å². The lowest BCUT2D eigenvalue weighted by Gasteiger charge is -2.19. The molecule has 0 spiro atoms. The second-order valence-corrected chi connectivity index (χ2v) is 5.85. The van der Waals surface area contributed by atoms with Crippen LogP contribution in [0.15, 0.2) is 42.9 Å². The van der Waals surface area contributed by atoms with Crippen molar-refractivity contribution < 1.29 is 9.53 Å². The smallest absolute Gasteiger partial charge is 0.253 e. The Morgan fingerprint density at radius 1 is 1.43 bits per heavy atom. The zero-order valence-electron chi connectivity index (χ0n) is 12.8. The van der Waals surface area contributed by atoms with Crippen molar-refractivity contribution in [3.63, 3.8) is 0 Å². The van der Waals surface area contributed by atoms with Gasteiger partial charge in [0.05, 0.1) is 23.3 Å². The average Bonchev–Trinajstić information content (AvgIpc) is 3.26. The summed E-state index contributed by atoms with van der Waals surface area (Å²) in [4.78, 5) is 15.8. The van der Waals surface area contributed by atoms with Gasteiger partial charge >= 0.3 is 0 Å². The summed E-state index contributed by atoms with van der Waals surface area (Å²) in [5.74, 6) is -0.0811. The van der Waals surface area contributed by atoms with Crippen LogP contribution in [0, 0.1) is 0 Å². The molecule has 2 aromatic heterocycles. The minimum absolute atomic E-state index is 0.0445. The maximum absolute atomic E-state index is 12.7. The van der Waals surface area contributed by atoms with Gasteiger partial charge in [-0.2, -0.15) is 5.10 Å². The number of aromatic amines is 1. The number of carbonyl (C=O) groups excluding carboxylic acids is 1. The van der Waals surface area contributed by atoms with E-state index in [-0.39, 0.29) is 18.1 Å². The molecule has 0 saturated carbocycles. The molecule has 1 aliphatic rings. The van der Waals surface area contributed by atoms with E-state index in [0.29, 0.717) is 12.2 Å². The van der Waals surface area contributed by atoms with Crippen LogP contribution in [0.25, 0.3) is 10.9 Å². The number of aryl methyl sites for hydroxylation is 1. The first kappa shape index (κ1) is 14.0. The number of fused-ring (bicyclic) bond motifs is 1. The zero-order valence-corrected chi connectivity index (χ0v) is 12.8. The number of ether oxygens (including phenoxy) is 1. The van der Waals surface area contributed by atoms with Crippen molar-refractivity contribution in [2.75, 3.05) is 6.61 Å². The fraction of sp³-hybridized carbons (Fsp3) is 0.294. The van der Waals surface area contributed by atoms with Crippen molar-refractivity contribution in [2.45, 2.75) is 18.6 Å². The highest BCUT2D eigenvalue weighted by atomic mass is 16.5. The summed E-state index contributed by atoms with van der Waals surface area (Å²) in [5, 5.41) is 8.33. The van der Waals surface area contributed by atoms with Gasteiger partial charge in [-0.3, -0.25) is 9.48 Å². The number of amides is 1. The molecule has 0 unspecified atom stereocenters. The Bertz CT molecular complexity index is 851. The van der Waals surface area contributed by atoms with Crippen molar-refractivity contribution >= 4 is 16.8 Å². The van der Waals surface area contributed by atoms with Gasteiger partial charge in [0.25, 0.3) is 5.91 Å². The number of para-hydroxylation sites is 1. The van der Waals surface area contributed by atoms with Crippen molar-refractivity contribution in [3.05, 3.63) is 54.0 Å². The quantitative estimate of drug-likeness (QED) is 0.778. The number of aromatic nitrogens is 3. The largest absolute Gasteiger partial charge is 0.371 e. The number of benzene rings is 1. The van der Waals surface area contributed by atoms with Gasteiger partial charge < -0.3 is 15.0 Å². The standard InChI is InChI=1S/C17H18N4O2/c1-21-10-12(9-19-21)16-14(6-8-23-16)20-17(22)13-4-2-3-11-5-7-18-15(11)13/h2-5,7,9-10,14,16,18H,6,8H2,1H3,(H,20,22)/t14-,16+/m0/s1. The Hall–Kier alpha value is -2.60. The fourth-order valence-electron chi connectivity index (χ4n) is 3.17. The second-order valence-electron chi connectivity index (χ2n) is 5.85. The van der Waals surface area contributed by atoms with E-state index < -0.39 is 0 Å². The Kier molecular flexibility index (Phi) is 3.38. The molecular formula is C17H18N4O2. The van der Waals surface area contributed by atoms with Crippen LogP contribution >= 0.6 is 0 Å². The molecule has 1 amide bonds. The molecule has 23 heavy (non-hydrogen) atoms. The van der Waals surface area contributed by atoms with Crippen molar-refractivity contribution in [1.82, 2.24) is 20.1 Å². The number of hydrogen-bond acceptors (Lipinski definition) is 3. The number of nitrogens with one attached hydrogen (secondary N) is 2. The van der Waals surface area contributed by atoms with E-state index in [2.05, 4.69) is 15.4 Å². The third-order valence-electron chi connectivity index (χ3n) is 4.29. The molecule has 118 valence electrons. The van der Waals surface area contributed by atoms with Gasteiger partial charge in [-0.1, -0.05) is 12.1 Å². The van der Waals surface area contributed by atoms with Crippen LogP contribution < -0.4 is 5.32 Å². The summed E-state index contributed by atoms with van der Waals surface area (Å²) in [6, 6.07) is 7.64. The molecule has 1 saturated heterocycles. The lowest BCUT2D eigenvalue weighted by Crippen LogP contribution is -2.36. The SMILES string of the molecule is Cn1cc([C@H]2OCC[C@@H]2NC(=O)c2cccc3cc[nH]c23)cn1. The van der Waals surface area contributed by atoms with Gasteiger partial charge in [0.1, 0.15) is 6.10 Å². The Labute approximate surface area is 133 Å². The Balaban J connectivity index is 1.57. The minimum atomic E-state index is -0.143. The highest BCUT2D eigenvalue weighted by Crippen LogP contribution is 2.29. The molecule has 2 atom stereocenters. The van der Waals surface area contributed by atoms with Crippen LogP contribution in [-0.2, 0) is 11.8 Å². The number of rotatable bonds is 3. The molecule has 6 nitrogen and oxygen atoms in total. The first-order valence-corrected chi connectivity index (χ1v) is 7.69. The maximum atomic E-state index is 12.7. The third-order valence-corrected chi connectivity index (χ3v) is 4.29. The first-order valence-electron chi connectivity index (χ1n) is 7.69. The van der Waals surface area contributed by atoms with Crippen LogP contribution in [-0.4, -0.2) is 33.3 Å². The van der Waals surface area contributed by atoms with Crippen molar-refractivity contribution in [2.24, 2.45) is 7.05 Å². The number of carbonyl (C=O) groups is 1. The molecule has 3 aromatic rings. The normalized spacial score (nSPS) is 20.9. The predicted molar refractivity (Wildman–Crippen MR) is 86.1 cm³/mol. The lowest BCUT2D eigenvalue weighted by molar-refractivity contribution is 0.0822. The summed E-state index contributed by atoms with van der Waals surface area (Å²) in [6.07, 6.45) is 6.22. The van der Waals surface area contributed by atoms with Gasteiger partial charge in [-0.15, -0.1) is 0 Å². The van der Waals surface area contributed by atoms with Crippen LogP contribution in [0.1, 0.15) is 28.4 Å². The van der Waals surface area contributed by atoms with Crippen LogP contribution in [0.4, 0.5) is 0 Å². The molecular weight excluding hydrogens is 292 g/mol. The highest BCUT2D eigenvalue weighted by Gasteiger charge is 2.32. The van der Waals surface area contributed by atoms with E-state index in [4.69, 9.17) is 4.74 Å². The van der Waals surface area contributed by atoms with Gasteiger partial charge in [0, 0.05) is 37.0 Å². The molecule has 6 heteroatoms. The second kappa shape index (κ2) is 5.55. The number of nitrogens with zero attached hydrogens (tertiary/aromatic N) is 2. The summed E-state index contributed by atoms with van der Waals surface area (Å²) in [5.41, 5.74) is 2.51. The average molecular weight is 310 g/mol. The summed E-state index contributed by atoms with van der Waals surface area (Å²) in [6.45, 7) is 0.636. The topological polar surface area (TPSA) is 71.9 Å². The molecule has 2 N–H and O–H groups in total. The van der Waals surface area contributed by atoms with Crippen LogP contribution in [0.5, 0.6) is 0 Å². The lowest BCUT2D eigenvalue weighted by atomic mass is 10.0. The Morgan fingerprint density at radius 2 is 2.35 bits per heavy atom. The molecule has 0 aliphatic carbocycles. The van der Waals surface area contributed by atoms with Crippen molar-refractivity contribution in [1.29, 1.82) is 0 Å². The predicted octanol–water partition coefficient (Wildman–Crippen LogP) is 2.16. The number of hydrogen-bond donors (Lipinski definition) is 2. The van der Waals surface area contributed by atoms with E-state index in [9.17, 15) is 4.79 Å². The van der Waals surface area contributed by atoms with E-state index in [1.165, 1.54) is 0 Å². The fourth-order valence-corrected chi connectivity index (χ4v) is 3.17. The van der Waals surface area contributed by atoms with E-state index in [0.717, 1.165) is 22.9 Å². The molecule has 1 aliphatic heterocycles. The molecule has 0 radical (unpaired) electrons. The molecule has 1 aromatic carbocycles. The van der Waals surface area contributed by atoms with Crippen LogP contribution in [0.3, 0.4) is 0 Å². The van der Waals surface area contributed by atoms with Gasteiger partial charge in [0.15, 0.2) is 0 Å². The van der Waals surface area contributed by atoms with Crippen molar-refractivity contribution in [3.8, 4) is 0 Å². The first-order chi connectivity index (χ1) is 11.2. The molecule has 1 fully saturated rings. The molecule has 0 bridgehead atoms. The summed E-state index contributed by atoms with van der Waals surface area (Å²) < 4.78 is 7.54. The third kappa shape index (κ3) is 2.51. The monoisotopic (exact) mass is 310 g/mol. The van der Waals surface area contributed by atoms with E-state index in [1.54, 1.807) is 10.9 Å². The molecule has 4 rings (SSSR count). The zero-order chi connectivity index (χ0) is 15.8. The summed E-state index contributed by atoms with van der Waals surface area (Å²) >= 11 is 0. The van der Waals surface area contributed by atoms with E-state index in [1.807, 2.05) is 43.7 Å². The van der Waals surface area contributed by atoms with Gasteiger partial charge in [-0.25, -0.2) is 0 Å². The van der Waals surface area contributed by atoms with Gasteiger partial charge in [-0.05, 0) is 18.6 Å². The Morgan fingerprint density at radius 3 is 3.17 bits per heavy atom. The maximum Gasteiger partial charge on any atom is 0.253 e. The van der Waals surface area contributed by atoms with E-state index >= 15 is 0 Å². The number of H-pyrrole nitrogens is 1. The molecule has 3 heterocycles.